The Bertz CT molecular complexity index is 476. The lowest BCUT2D eigenvalue weighted by Crippen LogP contribution is -2.50. The molecule has 0 saturated carbocycles. The quantitative estimate of drug-likeness (QED) is 0.797. The Balaban J connectivity index is 2.20. The molecule has 0 atom stereocenters. The van der Waals surface area contributed by atoms with Gasteiger partial charge in [-0.05, 0) is 32.0 Å². The highest BCUT2D eigenvalue weighted by molar-refractivity contribution is 9.10. The molecule has 0 aromatic heterocycles. The average Bonchev–Trinajstić information content (AvgIpc) is 2.27. The maximum atomic E-state index is 13.7. The summed E-state index contributed by atoms with van der Waals surface area (Å²) in [7, 11) is 0. The molecular weight excluding hydrogens is 301 g/mol. The van der Waals surface area contributed by atoms with Crippen LogP contribution in [0, 0.1) is 5.82 Å². The monoisotopic (exact) mass is 315 g/mol. The van der Waals surface area contributed by atoms with Gasteiger partial charge in [-0.15, -0.1) is 0 Å². The Kier molecular flexibility index (Phi) is 3.73. The predicted molar refractivity (Wildman–Crippen MR) is 70.0 cm³/mol. The Morgan fingerprint density at radius 3 is 2.83 bits per heavy atom. The van der Waals surface area contributed by atoms with E-state index in [1.165, 1.54) is 12.1 Å². The third-order valence-electron chi connectivity index (χ3n) is 2.87. The average molecular weight is 316 g/mol. The minimum Gasteiger partial charge on any atom is -0.372 e. The number of carbonyl (C=O) groups excluding carboxylic acids is 1. The van der Waals surface area contributed by atoms with Gasteiger partial charge in [-0.2, -0.15) is 0 Å². The number of amides is 1. The second-order valence-electron chi connectivity index (χ2n) is 4.96. The van der Waals surface area contributed by atoms with Crippen molar-refractivity contribution in [3.8, 4) is 0 Å². The van der Waals surface area contributed by atoms with Crippen LogP contribution in [0.5, 0.6) is 0 Å². The molecule has 18 heavy (non-hydrogen) atoms. The largest absolute Gasteiger partial charge is 0.372 e. The zero-order valence-electron chi connectivity index (χ0n) is 10.4. The fraction of sp³-hybridized carbons (Fsp3) is 0.462. The molecule has 0 bridgehead atoms. The van der Waals surface area contributed by atoms with Crippen LogP contribution < -0.4 is 0 Å². The SMILES string of the molecule is CC1(C)CN(C(=O)c2ccc(Br)cc2F)CCO1. The van der Waals surface area contributed by atoms with E-state index in [4.69, 9.17) is 4.74 Å². The number of hydrogen-bond donors (Lipinski definition) is 0. The van der Waals surface area contributed by atoms with Gasteiger partial charge in [0.15, 0.2) is 0 Å². The molecule has 0 radical (unpaired) electrons. The van der Waals surface area contributed by atoms with E-state index in [1.807, 2.05) is 13.8 Å². The van der Waals surface area contributed by atoms with Gasteiger partial charge in [-0.1, -0.05) is 15.9 Å². The van der Waals surface area contributed by atoms with Crippen molar-refractivity contribution in [2.45, 2.75) is 19.4 Å². The van der Waals surface area contributed by atoms with E-state index in [-0.39, 0.29) is 17.1 Å². The molecule has 1 amide bonds. The van der Waals surface area contributed by atoms with E-state index in [2.05, 4.69) is 15.9 Å². The smallest absolute Gasteiger partial charge is 0.257 e. The summed E-state index contributed by atoms with van der Waals surface area (Å²) >= 11 is 3.17. The lowest BCUT2D eigenvalue weighted by atomic mass is 10.1. The van der Waals surface area contributed by atoms with Gasteiger partial charge in [0.1, 0.15) is 5.82 Å². The summed E-state index contributed by atoms with van der Waals surface area (Å²) in [6, 6.07) is 4.48. The summed E-state index contributed by atoms with van der Waals surface area (Å²) in [5, 5.41) is 0. The van der Waals surface area contributed by atoms with E-state index >= 15 is 0 Å². The maximum absolute atomic E-state index is 13.7. The van der Waals surface area contributed by atoms with Gasteiger partial charge in [-0.25, -0.2) is 4.39 Å². The van der Waals surface area contributed by atoms with Crippen molar-refractivity contribution >= 4 is 21.8 Å². The Morgan fingerprint density at radius 2 is 2.22 bits per heavy atom. The Hall–Kier alpha value is -0.940. The maximum Gasteiger partial charge on any atom is 0.257 e. The number of ether oxygens (including phenoxy) is 1. The van der Waals surface area contributed by atoms with Crippen molar-refractivity contribution in [1.29, 1.82) is 0 Å². The van der Waals surface area contributed by atoms with Gasteiger partial charge in [-0.3, -0.25) is 4.79 Å². The molecule has 1 aliphatic rings. The van der Waals surface area contributed by atoms with E-state index in [1.54, 1.807) is 11.0 Å². The molecular formula is C13H15BrFNO2. The van der Waals surface area contributed by atoms with Gasteiger partial charge in [0, 0.05) is 17.6 Å². The first-order valence-corrected chi connectivity index (χ1v) is 6.57. The molecule has 1 fully saturated rings. The predicted octanol–water partition coefficient (Wildman–Crippen LogP) is 2.84. The zero-order chi connectivity index (χ0) is 13.3. The molecule has 0 spiro atoms. The van der Waals surface area contributed by atoms with Crippen molar-refractivity contribution in [1.82, 2.24) is 4.90 Å². The number of halogens is 2. The van der Waals surface area contributed by atoms with Gasteiger partial charge in [0.05, 0.1) is 17.8 Å². The lowest BCUT2D eigenvalue weighted by molar-refractivity contribution is -0.0764. The molecule has 1 aromatic carbocycles. The van der Waals surface area contributed by atoms with Crippen molar-refractivity contribution in [3.05, 3.63) is 34.1 Å². The van der Waals surface area contributed by atoms with Crippen molar-refractivity contribution in [2.75, 3.05) is 19.7 Å². The summed E-state index contributed by atoms with van der Waals surface area (Å²) in [5.41, 5.74) is -0.268. The summed E-state index contributed by atoms with van der Waals surface area (Å²) in [6.45, 7) is 5.30. The van der Waals surface area contributed by atoms with Crippen LogP contribution in [0.3, 0.4) is 0 Å². The second-order valence-corrected chi connectivity index (χ2v) is 5.87. The number of nitrogens with zero attached hydrogens (tertiary/aromatic N) is 1. The zero-order valence-corrected chi connectivity index (χ0v) is 12.0. The van der Waals surface area contributed by atoms with Gasteiger partial charge in [0.2, 0.25) is 0 Å². The molecule has 2 rings (SSSR count). The fourth-order valence-electron chi connectivity index (χ4n) is 2.02. The number of morpholine rings is 1. The third kappa shape index (κ3) is 2.90. The molecule has 3 nitrogen and oxygen atoms in total. The van der Waals surface area contributed by atoms with E-state index in [0.29, 0.717) is 24.2 Å². The van der Waals surface area contributed by atoms with Crippen LogP contribution in [0.2, 0.25) is 0 Å². The van der Waals surface area contributed by atoms with Crippen molar-refractivity contribution in [2.24, 2.45) is 0 Å². The highest BCUT2D eigenvalue weighted by Gasteiger charge is 2.31. The summed E-state index contributed by atoms with van der Waals surface area (Å²) < 4.78 is 19.9. The molecule has 1 heterocycles. The minimum absolute atomic E-state index is 0.107. The van der Waals surface area contributed by atoms with E-state index in [0.717, 1.165) is 0 Å². The third-order valence-corrected chi connectivity index (χ3v) is 3.37. The first-order valence-electron chi connectivity index (χ1n) is 5.77. The molecule has 5 heteroatoms. The van der Waals surface area contributed by atoms with E-state index in [9.17, 15) is 9.18 Å². The number of rotatable bonds is 1. The van der Waals surface area contributed by atoms with Crippen molar-refractivity contribution in [3.63, 3.8) is 0 Å². The Morgan fingerprint density at radius 1 is 1.50 bits per heavy atom. The highest BCUT2D eigenvalue weighted by Crippen LogP contribution is 2.21. The second kappa shape index (κ2) is 4.97. The lowest BCUT2D eigenvalue weighted by Gasteiger charge is -2.38. The summed E-state index contributed by atoms with van der Waals surface area (Å²) in [4.78, 5) is 13.9. The molecule has 1 aromatic rings. The van der Waals surface area contributed by atoms with Gasteiger partial charge in [0.25, 0.3) is 5.91 Å². The first-order chi connectivity index (χ1) is 8.39. The molecule has 98 valence electrons. The molecule has 1 aliphatic heterocycles. The van der Waals surface area contributed by atoms with Crippen LogP contribution in [0.15, 0.2) is 22.7 Å². The molecule has 0 N–H and O–H groups in total. The summed E-state index contributed by atoms with van der Waals surface area (Å²) in [6.07, 6.45) is 0. The van der Waals surface area contributed by atoms with E-state index < -0.39 is 5.82 Å². The van der Waals surface area contributed by atoms with Gasteiger partial charge < -0.3 is 9.64 Å². The topological polar surface area (TPSA) is 29.5 Å². The van der Waals surface area contributed by atoms with Crippen LogP contribution >= 0.6 is 15.9 Å². The number of benzene rings is 1. The van der Waals surface area contributed by atoms with Crippen LogP contribution in [0.4, 0.5) is 4.39 Å². The normalized spacial score (nSPS) is 18.8. The standard InChI is InChI=1S/C13H15BrFNO2/c1-13(2)8-16(5-6-18-13)12(17)10-4-3-9(14)7-11(10)15/h3-4,7H,5-6,8H2,1-2H3. The fourth-order valence-corrected chi connectivity index (χ4v) is 2.36. The molecule has 0 unspecified atom stereocenters. The highest BCUT2D eigenvalue weighted by atomic mass is 79.9. The Labute approximate surface area is 114 Å². The molecule has 0 aliphatic carbocycles. The number of hydrogen-bond acceptors (Lipinski definition) is 2. The summed E-state index contributed by atoms with van der Waals surface area (Å²) in [5.74, 6) is -0.782. The molecule has 1 saturated heterocycles. The van der Waals surface area contributed by atoms with Crippen LogP contribution in [0.1, 0.15) is 24.2 Å². The minimum atomic E-state index is -0.501. The first kappa shape index (κ1) is 13.5. The number of carbonyl (C=O) groups is 1. The van der Waals surface area contributed by atoms with Gasteiger partial charge >= 0.3 is 0 Å². The van der Waals surface area contributed by atoms with Crippen LogP contribution in [-0.2, 0) is 4.74 Å². The van der Waals surface area contributed by atoms with Crippen LogP contribution in [-0.4, -0.2) is 36.1 Å². The van der Waals surface area contributed by atoms with Crippen LogP contribution in [0.25, 0.3) is 0 Å². The van der Waals surface area contributed by atoms with Crippen molar-refractivity contribution < 1.29 is 13.9 Å².